The molecule has 1 N–H and O–H groups in total. The van der Waals surface area contributed by atoms with E-state index in [9.17, 15) is 0 Å². The number of ether oxygens (including phenoxy) is 1. The first kappa shape index (κ1) is 14.4. The predicted molar refractivity (Wildman–Crippen MR) is 91.2 cm³/mol. The van der Waals surface area contributed by atoms with E-state index >= 15 is 0 Å². The maximum Gasteiger partial charge on any atom is 0.130 e. The Kier molecular flexibility index (Phi) is 3.98. The van der Waals surface area contributed by atoms with Gasteiger partial charge in [-0.3, -0.25) is 5.43 Å². The Bertz CT molecular complexity index is 776. The summed E-state index contributed by atoms with van der Waals surface area (Å²) in [5, 5.41) is 4.59. The number of nitrogens with one attached hydrogen (secondary N) is 1. The van der Waals surface area contributed by atoms with Crippen molar-refractivity contribution in [1.82, 2.24) is 5.43 Å². The molecule has 2 aromatic rings. The van der Waals surface area contributed by atoms with Crippen LogP contribution in [0.3, 0.4) is 0 Å². The molecule has 4 heteroatoms. The largest absolute Gasteiger partial charge is 0.457 e. The molecule has 2 aromatic carbocycles. The number of hydrazone groups is 1. The van der Waals surface area contributed by atoms with Gasteiger partial charge in [-0.2, -0.15) is 5.10 Å². The van der Waals surface area contributed by atoms with E-state index in [1.807, 2.05) is 55.5 Å². The number of hydrogen-bond donors (Lipinski definition) is 1. The van der Waals surface area contributed by atoms with E-state index in [-0.39, 0.29) is 0 Å². The number of hydrogen-bond acceptors (Lipinski definition) is 3. The number of halogens is 1. The number of benzene rings is 2. The molecule has 0 saturated heterocycles. The molecule has 1 heterocycles. The van der Waals surface area contributed by atoms with Gasteiger partial charge in [0.15, 0.2) is 0 Å². The van der Waals surface area contributed by atoms with Crippen LogP contribution in [0.4, 0.5) is 0 Å². The second kappa shape index (κ2) is 6.08. The minimum Gasteiger partial charge on any atom is -0.457 e. The quantitative estimate of drug-likeness (QED) is 0.880. The van der Waals surface area contributed by atoms with Gasteiger partial charge in [0.1, 0.15) is 11.5 Å². The zero-order chi connectivity index (χ0) is 15.5. The van der Waals surface area contributed by atoms with Crippen LogP contribution in [0.5, 0.6) is 11.5 Å². The molecule has 0 unspecified atom stereocenters. The number of allylic oxidation sites excluding steroid dienone is 2. The van der Waals surface area contributed by atoms with Crippen molar-refractivity contribution in [3.05, 3.63) is 77.0 Å². The van der Waals surface area contributed by atoms with Crippen LogP contribution in [0.1, 0.15) is 11.1 Å². The zero-order valence-corrected chi connectivity index (χ0v) is 12.9. The lowest BCUT2D eigenvalue weighted by atomic mass is 10.0. The minimum atomic E-state index is 0.572. The molecule has 0 radical (unpaired) electrons. The summed E-state index contributed by atoms with van der Waals surface area (Å²) in [6.45, 7) is 5.83. The molecule has 0 aliphatic carbocycles. The zero-order valence-electron chi connectivity index (χ0n) is 12.1. The fourth-order valence-corrected chi connectivity index (χ4v) is 2.34. The number of rotatable bonds is 3. The normalized spacial score (nSPS) is 14.0. The first-order valence-electron chi connectivity index (χ1n) is 6.87. The first-order valence-corrected chi connectivity index (χ1v) is 7.25. The van der Waals surface area contributed by atoms with Crippen molar-refractivity contribution in [2.75, 3.05) is 0 Å². The van der Waals surface area contributed by atoms with Gasteiger partial charge in [-0.25, -0.2) is 0 Å². The van der Waals surface area contributed by atoms with Crippen LogP contribution in [0, 0.1) is 6.92 Å². The van der Waals surface area contributed by atoms with E-state index in [1.165, 1.54) is 0 Å². The van der Waals surface area contributed by atoms with Gasteiger partial charge in [0, 0.05) is 5.57 Å². The summed E-state index contributed by atoms with van der Waals surface area (Å²) in [6, 6.07) is 15.7. The van der Waals surface area contributed by atoms with Gasteiger partial charge < -0.3 is 4.74 Å². The molecular weight excluding hydrogens is 296 g/mol. The molecule has 0 bridgehead atoms. The second-order valence-corrected chi connectivity index (χ2v) is 5.35. The van der Waals surface area contributed by atoms with Crippen LogP contribution in [0.2, 0.25) is 0 Å². The van der Waals surface area contributed by atoms with E-state index in [4.69, 9.17) is 16.3 Å². The highest BCUT2D eigenvalue weighted by molar-refractivity contribution is 6.39. The Hall–Kier alpha value is -2.52. The highest BCUT2D eigenvalue weighted by Gasteiger charge is 2.12. The molecule has 0 aromatic heterocycles. The lowest BCUT2D eigenvalue weighted by Gasteiger charge is -2.14. The minimum absolute atomic E-state index is 0.572. The van der Waals surface area contributed by atoms with Crippen molar-refractivity contribution in [2.24, 2.45) is 5.10 Å². The molecule has 0 fully saturated rings. The third kappa shape index (κ3) is 2.90. The molecule has 3 nitrogen and oxygen atoms in total. The fourth-order valence-electron chi connectivity index (χ4n) is 2.14. The molecule has 0 amide bonds. The van der Waals surface area contributed by atoms with Gasteiger partial charge >= 0.3 is 0 Å². The van der Waals surface area contributed by atoms with Crippen LogP contribution in [-0.2, 0) is 0 Å². The lowest BCUT2D eigenvalue weighted by molar-refractivity contribution is 0.479. The van der Waals surface area contributed by atoms with Crippen molar-refractivity contribution in [3.8, 4) is 11.5 Å². The van der Waals surface area contributed by atoms with Crippen molar-refractivity contribution in [3.63, 3.8) is 0 Å². The number of aryl methyl sites for hydroxylation is 1. The second-order valence-electron chi connectivity index (χ2n) is 4.97. The van der Waals surface area contributed by atoms with Crippen molar-refractivity contribution in [2.45, 2.75) is 6.92 Å². The van der Waals surface area contributed by atoms with Crippen molar-refractivity contribution in [1.29, 1.82) is 0 Å². The van der Waals surface area contributed by atoms with E-state index < -0.39 is 0 Å². The molecular formula is C18H15ClN2O. The van der Waals surface area contributed by atoms with Crippen LogP contribution >= 0.6 is 11.6 Å². The van der Waals surface area contributed by atoms with E-state index in [2.05, 4.69) is 17.1 Å². The highest BCUT2D eigenvalue weighted by Crippen LogP contribution is 2.29. The van der Waals surface area contributed by atoms with E-state index in [0.717, 1.165) is 28.2 Å². The van der Waals surface area contributed by atoms with Crippen LogP contribution < -0.4 is 10.2 Å². The molecule has 1 aliphatic heterocycles. The Morgan fingerprint density at radius 1 is 1.09 bits per heavy atom. The third-order valence-electron chi connectivity index (χ3n) is 3.38. The Morgan fingerprint density at radius 2 is 1.82 bits per heavy atom. The molecule has 1 aliphatic rings. The summed E-state index contributed by atoms with van der Waals surface area (Å²) >= 11 is 6.25. The van der Waals surface area contributed by atoms with Crippen LogP contribution in [-0.4, -0.2) is 6.21 Å². The molecule has 0 saturated carbocycles. The summed E-state index contributed by atoms with van der Waals surface area (Å²) < 4.78 is 5.89. The number of para-hydroxylation sites is 1. The molecule has 3 rings (SSSR count). The van der Waals surface area contributed by atoms with Crippen LogP contribution in [0.15, 0.2) is 70.9 Å². The standard InChI is InChI=1S/C18H15ClN2O/c1-12-5-3-4-6-17(12)22-15-9-7-14(8-10-15)16-11-20-21-13(2)18(16)19/h3-11,21H,2H2,1H3. The topological polar surface area (TPSA) is 33.6 Å². The molecule has 0 atom stereocenters. The number of nitrogens with zero attached hydrogens (tertiary/aromatic N) is 1. The van der Waals surface area contributed by atoms with Gasteiger partial charge in [-0.15, -0.1) is 0 Å². The molecule has 22 heavy (non-hydrogen) atoms. The molecule has 0 spiro atoms. The van der Waals surface area contributed by atoms with Gasteiger partial charge in [-0.1, -0.05) is 48.5 Å². The monoisotopic (exact) mass is 310 g/mol. The van der Waals surface area contributed by atoms with Gasteiger partial charge in [0.2, 0.25) is 0 Å². The summed E-state index contributed by atoms with van der Waals surface area (Å²) in [7, 11) is 0. The van der Waals surface area contributed by atoms with Crippen molar-refractivity contribution < 1.29 is 4.74 Å². The summed E-state index contributed by atoms with van der Waals surface area (Å²) in [5.74, 6) is 1.63. The maximum atomic E-state index is 6.25. The first-order chi connectivity index (χ1) is 10.6. The average molecular weight is 311 g/mol. The van der Waals surface area contributed by atoms with Crippen LogP contribution in [0.25, 0.3) is 5.57 Å². The summed E-state index contributed by atoms with van der Waals surface area (Å²) in [5.41, 5.74) is 6.24. The predicted octanol–water partition coefficient (Wildman–Crippen LogP) is 4.84. The summed E-state index contributed by atoms with van der Waals surface area (Å²) in [4.78, 5) is 0. The third-order valence-corrected chi connectivity index (χ3v) is 3.81. The Labute approximate surface area is 134 Å². The SMILES string of the molecule is C=C1NN=CC(c2ccc(Oc3ccccc3C)cc2)=C1Cl. The van der Waals surface area contributed by atoms with Gasteiger partial charge in [-0.05, 0) is 36.2 Å². The smallest absolute Gasteiger partial charge is 0.130 e. The van der Waals surface area contributed by atoms with Crippen molar-refractivity contribution >= 4 is 23.4 Å². The fraction of sp³-hybridized carbons (Fsp3) is 0.0556. The Balaban J connectivity index is 1.85. The van der Waals surface area contributed by atoms with E-state index in [1.54, 1.807) is 6.21 Å². The van der Waals surface area contributed by atoms with Gasteiger partial charge in [0.25, 0.3) is 0 Å². The Morgan fingerprint density at radius 3 is 2.55 bits per heavy atom. The highest BCUT2D eigenvalue weighted by atomic mass is 35.5. The summed E-state index contributed by atoms with van der Waals surface area (Å²) in [6.07, 6.45) is 1.69. The van der Waals surface area contributed by atoms with E-state index in [0.29, 0.717) is 10.7 Å². The average Bonchev–Trinajstić information content (AvgIpc) is 2.53. The maximum absolute atomic E-state index is 6.25. The lowest BCUT2D eigenvalue weighted by Crippen LogP contribution is -2.11. The molecule has 110 valence electrons. The van der Waals surface area contributed by atoms with Gasteiger partial charge in [0.05, 0.1) is 16.9 Å².